The van der Waals surface area contributed by atoms with Crippen molar-refractivity contribution in [2.45, 2.75) is 13.0 Å². The number of nitrogens with zero attached hydrogens (tertiary/aromatic N) is 4. The van der Waals surface area contributed by atoms with Crippen molar-refractivity contribution in [2.24, 2.45) is 0 Å². The van der Waals surface area contributed by atoms with Crippen LogP contribution in [0.25, 0.3) is 6.08 Å². The highest BCUT2D eigenvalue weighted by molar-refractivity contribution is 9.10. The molecular weight excluding hydrogens is 292 g/mol. The fourth-order valence-corrected chi connectivity index (χ4v) is 1.72. The molecule has 0 amide bonds. The van der Waals surface area contributed by atoms with Crippen LogP contribution < -0.4 is 0 Å². The minimum absolute atomic E-state index is 0.215. The maximum atomic E-state index is 8.59. The molecule has 0 N–H and O–H groups in total. The first-order valence-electron chi connectivity index (χ1n) is 5.49. The number of halogens is 1. The van der Waals surface area contributed by atoms with E-state index >= 15 is 0 Å². The van der Waals surface area contributed by atoms with Gasteiger partial charge in [-0.1, -0.05) is 40.2 Å². The maximum Gasteiger partial charge on any atom is 0.252 e. The topological polar surface area (TPSA) is 54.5 Å². The monoisotopic (exact) mass is 302 g/mol. The molecule has 0 saturated carbocycles. The molecule has 0 aliphatic rings. The molecule has 0 aliphatic heterocycles. The van der Waals surface area contributed by atoms with Gasteiger partial charge in [0.2, 0.25) is 0 Å². The molecule has 0 bridgehead atoms. The zero-order chi connectivity index (χ0) is 12.8. The van der Waals surface area contributed by atoms with Crippen LogP contribution in [0.5, 0.6) is 0 Å². The molecule has 1 heterocycles. The SMILES string of the molecule is N#Cc1ncn(CC/C=C/c2ccc(Br)cc2)n1. The van der Waals surface area contributed by atoms with Gasteiger partial charge in [-0.15, -0.1) is 5.10 Å². The van der Waals surface area contributed by atoms with Crippen molar-refractivity contribution in [2.75, 3.05) is 0 Å². The highest BCUT2D eigenvalue weighted by Crippen LogP contribution is 2.11. The summed E-state index contributed by atoms with van der Waals surface area (Å²) in [4.78, 5) is 3.84. The van der Waals surface area contributed by atoms with E-state index in [4.69, 9.17) is 5.26 Å². The van der Waals surface area contributed by atoms with E-state index < -0.39 is 0 Å². The van der Waals surface area contributed by atoms with Crippen LogP contribution in [0.4, 0.5) is 0 Å². The Balaban J connectivity index is 1.85. The van der Waals surface area contributed by atoms with Gasteiger partial charge >= 0.3 is 0 Å². The summed E-state index contributed by atoms with van der Waals surface area (Å²) < 4.78 is 2.75. The number of hydrogen-bond donors (Lipinski definition) is 0. The molecule has 0 radical (unpaired) electrons. The molecule has 1 aromatic carbocycles. The van der Waals surface area contributed by atoms with Gasteiger partial charge in [0.1, 0.15) is 12.4 Å². The zero-order valence-electron chi connectivity index (χ0n) is 9.62. The third kappa shape index (κ3) is 3.54. The van der Waals surface area contributed by atoms with E-state index in [0.717, 1.165) is 23.0 Å². The van der Waals surface area contributed by atoms with Gasteiger partial charge in [0.25, 0.3) is 5.82 Å². The van der Waals surface area contributed by atoms with Crippen molar-refractivity contribution >= 4 is 22.0 Å². The van der Waals surface area contributed by atoms with Crippen LogP contribution in [-0.2, 0) is 6.54 Å². The Bertz CT molecular complexity index is 578. The quantitative estimate of drug-likeness (QED) is 0.872. The third-order valence-corrected chi connectivity index (χ3v) is 2.87. The second-order valence-corrected chi connectivity index (χ2v) is 4.60. The van der Waals surface area contributed by atoms with E-state index in [1.54, 1.807) is 11.0 Å². The van der Waals surface area contributed by atoms with Gasteiger partial charge in [-0.05, 0) is 24.1 Å². The van der Waals surface area contributed by atoms with E-state index in [-0.39, 0.29) is 5.82 Å². The van der Waals surface area contributed by atoms with Gasteiger partial charge in [0, 0.05) is 11.0 Å². The zero-order valence-corrected chi connectivity index (χ0v) is 11.2. The summed E-state index contributed by atoms with van der Waals surface area (Å²) in [6.45, 7) is 0.724. The average molecular weight is 303 g/mol. The Morgan fingerprint density at radius 3 is 2.78 bits per heavy atom. The van der Waals surface area contributed by atoms with Crippen molar-refractivity contribution < 1.29 is 0 Å². The van der Waals surface area contributed by atoms with Gasteiger partial charge < -0.3 is 0 Å². The van der Waals surface area contributed by atoms with E-state index in [1.165, 1.54) is 0 Å². The summed E-state index contributed by atoms with van der Waals surface area (Å²) in [5, 5.41) is 12.6. The number of hydrogen-bond acceptors (Lipinski definition) is 3. The van der Waals surface area contributed by atoms with E-state index in [2.05, 4.69) is 38.2 Å². The average Bonchev–Trinajstić information content (AvgIpc) is 2.85. The molecule has 90 valence electrons. The van der Waals surface area contributed by atoms with Crippen molar-refractivity contribution in [1.29, 1.82) is 5.26 Å². The van der Waals surface area contributed by atoms with Gasteiger partial charge in [-0.2, -0.15) is 5.26 Å². The minimum atomic E-state index is 0.215. The van der Waals surface area contributed by atoms with Crippen LogP contribution in [0.2, 0.25) is 0 Å². The number of rotatable bonds is 4. The molecule has 5 heteroatoms. The van der Waals surface area contributed by atoms with Crippen LogP contribution >= 0.6 is 15.9 Å². The molecule has 0 fully saturated rings. The number of aryl methyl sites for hydroxylation is 1. The van der Waals surface area contributed by atoms with Crippen molar-refractivity contribution in [3.05, 3.63) is 52.5 Å². The van der Waals surface area contributed by atoms with Gasteiger partial charge in [0.15, 0.2) is 0 Å². The lowest BCUT2D eigenvalue weighted by atomic mass is 10.2. The van der Waals surface area contributed by atoms with Crippen molar-refractivity contribution in [3.63, 3.8) is 0 Å². The van der Waals surface area contributed by atoms with Gasteiger partial charge in [0.05, 0.1) is 0 Å². The Hall–Kier alpha value is -1.93. The summed E-state index contributed by atoms with van der Waals surface area (Å²) >= 11 is 3.40. The van der Waals surface area contributed by atoms with E-state index in [0.29, 0.717) is 0 Å². The Labute approximate surface area is 114 Å². The fourth-order valence-electron chi connectivity index (χ4n) is 1.45. The first kappa shape index (κ1) is 12.5. The summed E-state index contributed by atoms with van der Waals surface area (Å²) in [6.07, 6.45) is 6.57. The van der Waals surface area contributed by atoms with Crippen LogP contribution in [0.3, 0.4) is 0 Å². The molecule has 2 aromatic rings. The van der Waals surface area contributed by atoms with Crippen LogP contribution in [-0.4, -0.2) is 14.8 Å². The number of nitriles is 1. The van der Waals surface area contributed by atoms with E-state index in [1.807, 2.05) is 30.3 Å². The second kappa shape index (κ2) is 6.12. The number of benzene rings is 1. The van der Waals surface area contributed by atoms with Gasteiger partial charge in [-0.3, -0.25) is 4.68 Å². The highest BCUT2D eigenvalue weighted by atomic mass is 79.9. The van der Waals surface area contributed by atoms with Crippen LogP contribution in [0, 0.1) is 11.3 Å². The third-order valence-electron chi connectivity index (χ3n) is 2.34. The lowest BCUT2D eigenvalue weighted by Gasteiger charge is -1.96. The van der Waals surface area contributed by atoms with E-state index in [9.17, 15) is 0 Å². The fraction of sp³-hybridized carbons (Fsp3) is 0.154. The lowest BCUT2D eigenvalue weighted by Crippen LogP contribution is -1.97. The summed E-state index contributed by atoms with van der Waals surface area (Å²) in [5.74, 6) is 0.215. The molecule has 0 atom stereocenters. The molecule has 2 rings (SSSR count). The first-order chi connectivity index (χ1) is 8.78. The standard InChI is InChI=1S/C13H11BrN4/c14-12-6-4-11(5-7-12)3-1-2-8-18-10-16-13(9-15)17-18/h1,3-7,10H,2,8H2/b3-1+. The summed E-state index contributed by atoms with van der Waals surface area (Å²) in [7, 11) is 0. The predicted molar refractivity (Wildman–Crippen MR) is 72.5 cm³/mol. The Morgan fingerprint density at radius 2 is 2.11 bits per heavy atom. The normalized spacial score (nSPS) is 10.7. The molecule has 18 heavy (non-hydrogen) atoms. The van der Waals surface area contributed by atoms with Crippen molar-refractivity contribution in [1.82, 2.24) is 14.8 Å². The highest BCUT2D eigenvalue weighted by Gasteiger charge is 1.96. The molecule has 0 aliphatic carbocycles. The smallest absolute Gasteiger partial charge is 0.251 e. The molecular formula is C13H11BrN4. The summed E-state index contributed by atoms with van der Waals surface area (Å²) in [5.41, 5.74) is 1.16. The number of allylic oxidation sites excluding steroid dienone is 1. The van der Waals surface area contributed by atoms with Gasteiger partial charge in [-0.25, -0.2) is 4.98 Å². The lowest BCUT2D eigenvalue weighted by molar-refractivity contribution is 0.621. The molecule has 0 unspecified atom stereocenters. The molecule has 4 nitrogen and oxygen atoms in total. The van der Waals surface area contributed by atoms with Crippen LogP contribution in [0.1, 0.15) is 17.8 Å². The summed E-state index contributed by atoms with van der Waals surface area (Å²) in [6, 6.07) is 10.0. The van der Waals surface area contributed by atoms with Crippen molar-refractivity contribution in [3.8, 4) is 6.07 Å². The Morgan fingerprint density at radius 1 is 1.33 bits per heavy atom. The number of aromatic nitrogens is 3. The Kier molecular flexibility index (Phi) is 4.26. The predicted octanol–water partition coefficient (Wildman–Crippen LogP) is 3.02. The largest absolute Gasteiger partial charge is 0.252 e. The van der Waals surface area contributed by atoms with Crippen LogP contribution in [0.15, 0.2) is 41.1 Å². The first-order valence-corrected chi connectivity index (χ1v) is 6.29. The minimum Gasteiger partial charge on any atom is -0.251 e. The molecule has 0 spiro atoms. The second-order valence-electron chi connectivity index (χ2n) is 3.69. The molecule has 1 aromatic heterocycles. The maximum absolute atomic E-state index is 8.59. The molecule has 0 saturated heterocycles.